The highest BCUT2D eigenvalue weighted by molar-refractivity contribution is 14.1. The first kappa shape index (κ1) is 13.3. The van der Waals surface area contributed by atoms with Gasteiger partial charge in [0.25, 0.3) is 0 Å². The van der Waals surface area contributed by atoms with Gasteiger partial charge >= 0.3 is 0 Å². The molecule has 0 saturated heterocycles. The molecule has 0 aromatic heterocycles. The number of nitrogens with zero attached hydrogens (tertiary/aromatic N) is 3. The molecule has 0 spiro atoms. The first-order chi connectivity index (χ1) is 9.75. The Morgan fingerprint density at radius 2 is 1.45 bits per heavy atom. The first-order valence-electron chi connectivity index (χ1n) is 6.40. The van der Waals surface area contributed by atoms with Crippen molar-refractivity contribution in [3.8, 4) is 0 Å². The highest BCUT2D eigenvalue weighted by Gasteiger charge is 2.22. The molecule has 2 aromatic carbocycles. The summed E-state index contributed by atoms with van der Waals surface area (Å²) < 4.78 is 0.0514. The Kier molecular flexibility index (Phi) is 3.82. The molecule has 0 saturated carbocycles. The number of halogens is 1. The number of aliphatic imine (C=N–C) groups is 2. The Bertz CT molecular complexity index is 650. The maximum absolute atomic E-state index is 4.74. The summed E-state index contributed by atoms with van der Waals surface area (Å²) >= 11 is 2.32. The van der Waals surface area contributed by atoms with Crippen LogP contribution in [0, 0.1) is 0 Å². The molecule has 0 aliphatic carbocycles. The summed E-state index contributed by atoms with van der Waals surface area (Å²) in [6, 6.07) is 20.3. The fraction of sp³-hybridized carbons (Fsp3) is 0.125. The smallest absolute Gasteiger partial charge is 0.176 e. The van der Waals surface area contributed by atoms with Crippen LogP contribution in [0.15, 0.2) is 70.6 Å². The second kappa shape index (κ2) is 5.75. The molecule has 0 bridgehead atoms. The van der Waals surface area contributed by atoms with E-state index < -0.39 is 0 Å². The number of alkyl halides is 1. The van der Waals surface area contributed by atoms with Gasteiger partial charge in [-0.2, -0.15) is 0 Å². The van der Waals surface area contributed by atoms with Crippen LogP contribution >= 0.6 is 22.6 Å². The molecule has 3 rings (SSSR count). The van der Waals surface area contributed by atoms with Gasteiger partial charge in [-0.25, -0.2) is 9.98 Å². The van der Waals surface area contributed by atoms with Gasteiger partial charge < -0.3 is 4.90 Å². The molecule has 1 aliphatic rings. The van der Waals surface area contributed by atoms with Crippen LogP contribution in [0.5, 0.6) is 0 Å². The largest absolute Gasteiger partial charge is 0.329 e. The summed E-state index contributed by atoms with van der Waals surface area (Å²) in [5, 5.41) is 0. The van der Waals surface area contributed by atoms with E-state index in [0.717, 1.165) is 22.8 Å². The Labute approximate surface area is 132 Å². The van der Waals surface area contributed by atoms with E-state index in [-0.39, 0.29) is 4.17 Å². The van der Waals surface area contributed by atoms with Crippen LogP contribution in [0.4, 0.5) is 0 Å². The van der Waals surface area contributed by atoms with E-state index in [9.17, 15) is 0 Å². The molecule has 1 heterocycles. The second-order valence-electron chi connectivity index (χ2n) is 4.54. The molecule has 1 atom stereocenters. The highest BCUT2D eigenvalue weighted by atomic mass is 127. The fourth-order valence-electron chi connectivity index (χ4n) is 2.08. The standard InChI is InChI=1S/C16H14IN3/c1-20-15(13-10-6-3-7-11-13)18-14(19-16(20)17)12-8-4-2-5-9-12/h2-11,16H,1H3. The van der Waals surface area contributed by atoms with Crippen LogP contribution in [-0.2, 0) is 0 Å². The molecule has 100 valence electrons. The molecule has 1 aliphatic heterocycles. The molecule has 20 heavy (non-hydrogen) atoms. The number of amidine groups is 2. The van der Waals surface area contributed by atoms with Gasteiger partial charge in [-0.1, -0.05) is 60.7 Å². The lowest BCUT2D eigenvalue weighted by molar-refractivity contribution is 0.497. The average molecular weight is 375 g/mol. The van der Waals surface area contributed by atoms with Gasteiger partial charge in [0, 0.05) is 18.2 Å². The van der Waals surface area contributed by atoms with Gasteiger partial charge in [0.15, 0.2) is 10.0 Å². The minimum Gasteiger partial charge on any atom is -0.329 e. The minimum atomic E-state index is 0.0514. The van der Waals surface area contributed by atoms with Crippen LogP contribution in [-0.4, -0.2) is 27.8 Å². The van der Waals surface area contributed by atoms with Crippen molar-refractivity contribution in [2.24, 2.45) is 9.98 Å². The Hall–Kier alpha value is -1.69. The zero-order valence-electron chi connectivity index (χ0n) is 11.1. The Morgan fingerprint density at radius 3 is 2.05 bits per heavy atom. The third kappa shape index (κ3) is 2.60. The number of benzene rings is 2. The molecule has 1 unspecified atom stereocenters. The van der Waals surface area contributed by atoms with Crippen molar-refractivity contribution in [3.05, 3.63) is 71.8 Å². The first-order valence-corrected chi connectivity index (χ1v) is 7.64. The molecule has 0 fully saturated rings. The van der Waals surface area contributed by atoms with Gasteiger partial charge in [-0.3, -0.25) is 0 Å². The zero-order valence-corrected chi connectivity index (χ0v) is 13.2. The van der Waals surface area contributed by atoms with Crippen molar-refractivity contribution in [2.45, 2.75) is 4.17 Å². The normalized spacial score (nSPS) is 18.5. The summed E-state index contributed by atoms with van der Waals surface area (Å²) in [6.07, 6.45) is 0. The van der Waals surface area contributed by atoms with Crippen molar-refractivity contribution < 1.29 is 0 Å². The van der Waals surface area contributed by atoms with E-state index in [4.69, 9.17) is 4.99 Å². The maximum Gasteiger partial charge on any atom is 0.176 e. The summed E-state index contributed by atoms with van der Waals surface area (Å²) in [6.45, 7) is 0. The summed E-state index contributed by atoms with van der Waals surface area (Å²) in [4.78, 5) is 11.5. The molecular weight excluding hydrogens is 361 g/mol. The molecular formula is C16H14IN3. The zero-order chi connectivity index (χ0) is 13.9. The lowest BCUT2D eigenvalue weighted by Gasteiger charge is -2.28. The van der Waals surface area contributed by atoms with Gasteiger partial charge in [0.1, 0.15) is 5.84 Å². The number of hydrogen-bond acceptors (Lipinski definition) is 3. The Balaban J connectivity index is 2.05. The van der Waals surface area contributed by atoms with Crippen molar-refractivity contribution in [2.75, 3.05) is 7.05 Å². The van der Waals surface area contributed by atoms with Gasteiger partial charge in [-0.15, -0.1) is 0 Å². The Morgan fingerprint density at radius 1 is 0.900 bits per heavy atom. The lowest BCUT2D eigenvalue weighted by Crippen LogP contribution is -2.37. The molecule has 4 heteroatoms. The SMILES string of the molecule is CN1C(c2ccccc2)=NC(c2ccccc2)=NC1I. The molecule has 0 amide bonds. The fourth-order valence-corrected chi connectivity index (χ4v) is 2.61. The van der Waals surface area contributed by atoms with Crippen LogP contribution < -0.4 is 0 Å². The predicted octanol–water partition coefficient (Wildman–Crippen LogP) is 3.54. The summed E-state index contributed by atoms with van der Waals surface area (Å²) in [5.74, 6) is 1.75. The van der Waals surface area contributed by atoms with E-state index in [0.29, 0.717) is 0 Å². The van der Waals surface area contributed by atoms with Gasteiger partial charge in [0.2, 0.25) is 0 Å². The van der Waals surface area contributed by atoms with Crippen LogP contribution in [0.25, 0.3) is 0 Å². The molecule has 0 N–H and O–H groups in total. The molecule has 3 nitrogen and oxygen atoms in total. The van der Waals surface area contributed by atoms with Gasteiger partial charge in [0.05, 0.1) is 0 Å². The topological polar surface area (TPSA) is 28.0 Å². The van der Waals surface area contributed by atoms with Crippen molar-refractivity contribution in [1.82, 2.24) is 4.90 Å². The van der Waals surface area contributed by atoms with Crippen molar-refractivity contribution in [1.29, 1.82) is 0 Å². The second-order valence-corrected chi connectivity index (χ2v) is 5.66. The van der Waals surface area contributed by atoms with Crippen molar-refractivity contribution >= 4 is 34.3 Å². The number of rotatable bonds is 2. The average Bonchev–Trinajstić information content (AvgIpc) is 2.51. The van der Waals surface area contributed by atoms with Crippen LogP contribution in [0.1, 0.15) is 11.1 Å². The maximum atomic E-state index is 4.74. The summed E-state index contributed by atoms with van der Waals surface area (Å²) in [5.41, 5.74) is 2.16. The molecule has 0 radical (unpaired) electrons. The molecule has 2 aromatic rings. The summed E-state index contributed by atoms with van der Waals surface area (Å²) in [7, 11) is 2.02. The third-order valence-corrected chi connectivity index (χ3v) is 4.27. The van der Waals surface area contributed by atoms with E-state index in [1.165, 1.54) is 0 Å². The lowest BCUT2D eigenvalue weighted by atomic mass is 10.1. The van der Waals surface area contributed by atoms with Crippen LogP contribution in [0.3, 0.4) is 0 Å². The van der Waals surface area contributed by atoms with Crippen LogP contribution in [0.2, 0.25) is 0 Å². The van der Waals surface area contributed by atoms with E-state index >= 15 is 0 Å². The van der Waals surface area contributed by atoms with Gasteiger partial charge in [-0.05, 0) is 22.6 Å². The predicted molar refractivity (Wildman–Crippen MR) is 91.5 cm³/mol. The van der Waals surface area contributed by atoms with E-state index in [2.05, 4.69) is 44.6 Å². The minimum absolute atomic E-state index is 0.0514. The van der Waals surface area contributed by atoms with E-state index in [1.807, 2.05) is 55.6 Å². The quantitative estimate of drug-likeness (QED) is 0.448. The monoisotopic (exact) mass is 375 g/mol. The van der Waals surface area contributed by atoms with E-state index in [1.54, 1.807) is 0 Å². The third-order valence-electron chi connectivity index (χ3n) is 3.16. The van der Waals surface area contributed by atoms with Crippen molar-refractivity contribution in [3.63, 3.8) is 0 Å². The number of hydrogen-bond donors (Lipinski definition) is 0. The highest BCUT2D eigenvalue weighted by Crippen LogP contribution is 2.20.